The van der Waals surface area contributed by atoms with E-state index in [1.165, 1.54) is 89.9 Å². The van der Waals surface area contributed by atoms with Crippen molar-refractivity contribution in [3.63, 3.8) is 0 Å². The summed E-state index contributed by atoms with van der Waals surface area (Å²) >= 11 is 0. The Morgan fingerprint density at radius 1 is 0.478 bits per heavy atom. The van der Waals surface area contributed by atoms with Crippen LogP contribution in [0.5, 0.6) is 0 Å². The molecule has 1 atom stereocenters. The van der Waals surface area contributed by atoms with E-state index in [4.69, 9.17) is 0 Å². The molecule has 0 fully saturated rings. The summed E-state index contributed by atoms with van der Waals surface area (Å²) in [5, 5.41) is 0. The Morgan fingerprint density at radius 3 is 1.22 bits per heavy atom. The van der Waals surface area contributed by atoms with Gasteiger partial charge in [0.25, 0.3) is 0 Å². The first-order valence-corrected chi connectivity index (χ1v) is 13.0. The van der Waals surface area contributed by atoms with Crippen molar-refractivity contribution in [3.05, 3.63) is 0 Å². The lowest BCUT2D eigenvalue weighted by molar-refractivity contribution is 0.536. The molecule has 0 spiro atoms. The molecule has 0 rings (SSSR count). The van der Waals surface area contributed by atoms with E-state index in [2.05, 4.69) is 20.8 Å². The average molecular weight is 345 g/mol. The third-order valence-electron chi connectivity index (χ3n) is 5.13. The maximum Gasteiger partial charge on any atom is 0.0874 e. The van der Waals surface area contributed by atoms with Crippen LogP contribution in [0.15, 0.2) is 0 Å². The van der Waals surface area contributed by atoms with Crippen LogP contribution in [0.4, 0.5) is 0 Å². The summed E-state index contributed by atoms with van der Waals surface area (Å²) in [4.78, 5) is 0. The number of hydrogen-bond donors (Lipinski definition) is 0. The summed E-state index contributed by atoms with van der Waals surface area (Å²) in [6.45, 7) is 6.56. The molecule has 2 heteroatoms. The highest BCUT2D eigenvalue weighted by Gasteiger charge is 2.17. The molecule has 140 valence electrons. The van der Waals surface area contributed by atoms with Crippen molar-refractivity contribution in [3.8, 4) is 0 Å². The Kier molecular flexibility index (Phi) is 17.2. The molecule has 0 aliphatic rings. The maximum atomic E-state index is 12.5. The van der Waals surface area contributed by atoms with Crippen molar-refractivity contribution in [1.82, 2.24) is 0 Å². The van der Waals surface area contributed by atoms with E-state index < -0.39 is 7.14 Å². The van der Waals surface area contributed by atoms with E-state index >= 15 is 0 Å². The number of rotatable bonds is 18. The maximum absolute atomic E-state index is 12.5. The minimum Gasteiger partial charge on any atom is -0.324 e. The zero-order chi connectivity index (χ0) is 17.2. The predicted octanol–water partition coefficient (Wildman–Crippen LogP) is 8.26. The fourth-order valence-electron chi connectivity index (χ4n) is 3.43. The molecule has 0 bridgehead atoms. The zero-order valence-corrected chi connectivity index (χ0v) is 17.5. The van der Waals surface area contributed by atoms with Crippen LogP contribution in [0.25, 0.3) is 0 Å². The van der Waals surface area contributed by atoms with E-state index in [0.717, 1.165) is 24.9 Å². The van der Waals surface area contributed by atoms with Crippen molar-refractivity contribution >= 4 is 7.14 Å². The highest BCUT2D eigenvalue weighted by atomic mass is 31.2. The first-order valence-electron chi connectivity index (χ1n) is 10.8. The highest BCUT2D eigenvalue weighted by Crippen LogP contribution is 2.46. The van der Waals surface area contributed by atoms with Gasteiger partial charge in [-0.2, -0.15) is 0 Å². The van der Waals surface area contributed by atoms with Gasteiger partial charge in [0.05, 0.1) is 7.14 Å². The molecule has 1 nitrogen and oxygen atoms in total. The van der Waals surface area contributed by atoms with Gasteiger partial charge in [0.15, 0.2) is 0 Å². The van der Waals surface area contributed by atoms with Gasteiger partial charge in [0, 0.05) is 12.3 Å². The fourth-order valence-corrected chi connectivity index (χ4v) is 5.90. The Balaban J connectivity index is 3.23. The monoisotopic (exact) mass is 344 g/mol. The lowest BCUT2D eigenvalue weighted by atomic mass is 10.0. The summed E-state index contributed by atoms with van der Waals surface area (Å²) < 4.78 is 12.5. The van der Waals surface area contributed by atoms with Crippen LogP contribution in [0, 0.1) is 0 Å². The summed E-state index contributed by atoms with van der Waals surface area (Å²) in [5.41, 5.74) is 0. The average Bonchev–Trinajstić information content (AvgIpc) is 2.55. The van der Waals surface area contributed by atoms with Crippen LogP contribution in [0.3, 0.4) is 0 Å². The van der Waals surface area contributed by atoms with Crippen molar-refractivity contribution in [1.29, 1.82) is 0 Å². The van der Waals surface area contributed by atoms with Crippen molar-refractivity contribution in [2.45, 2.75) is 117 Å². The molecule has 0 radical (unpaired) electrons. The van der Waals surface area contributed by atoms with Gasteiger partial charge >= 0.3 is 0 Å². The van der Waals surface area contributed by atoms with Crippen molar-refractivity contribution < 1.29 is 4.57 Å². The highest BCUT2D eigenvalue weighted by molar-refractivity contribution is 7.63. The molecule has 0 aliphatic heterocycles. The topological polar surface area (TPSA) is 17.1 Å². The molecule has 0 aliphatic carbocycles. The van der Waals surface area contributed by atoms with Gasteiger partial charge in [0.2, 0.25) is 0 Å². The van der Waals surface area contributed by atoms with E-state index in [1.807, 2.05) is 0 Å². The fraction of sp³-hybridized carbons (Fsp3) is 1.00. The minimum absolute atomic E-state index is 0.916. The Morgan fingerprint density at radius 2 is 0.870 bits per heavy atom. The molecule has 1 unspecified atom stereocenters. The third kappa shape index (κ3) is 15.5. The predicted molar refractivity (Wildman–Crippen MR) is 108 cm³/mol. The smallest absolute Gasteiger partial charge is 0.0874 e. The summed E-state index contributed by atoms with van der Waals surface area (Å²) in [5.74, 6) is 0. The molecule has 0 amide bonds. The Bertz CT molecular complexity index is 275. The molecule has 0 N–H and O–H groups in total. The lowest BCUT2D eigenvalue weighted by Gasteiger charge is -2.15. The summed E-state index contributed by atoms with van der Waals surface area (Å²) in [7, 11) is -1.78. The number of unbranched alkanes of at least 4 members (excludes halogenated alkanes) is 13. The van der Waals surface area contributed by atoms with Gasteiger partial charge in [-0.3, -0.25) is 0 Å². The third-order valence-corrected chi connectivity index (χ3v) is 8.67. The molecule has 0 saturated heterocycles. The van der Waals surface area contributed by atoms with Crippen LogP contribution in [0.2, 0.25) is 0 Å². The van der Waals surface area contributed by atoms with Crippen LogP contribution < -0.4 is 0 Å². The molecule has 0 saturated carbocycles. The second kappa shape index (κ2) is 17.1. The molecular formula is C21H45OP. The van der Waals surface area contributed by atoms with Crippen LogP contribution in [-0.4, -0.2) is 18.5 Å². The van der Waals surface area contributed by atoms with Gasteiger partial charge in [-0.25, -0.2) is 0 Å². The van der Waals surface area contributed by atoms with Crippen molar-refractivity contribution in [2.75, 3.05) is 18.5 Å². The van der Waals surface area contributed by atoms with Crippen LogP contribution in [-0.2, 0) is 4.57 Å². The van der Waals surface area contributed by atoms with Gasteiger partial charge in [-0.05, 0) is 19.0 Å². The van der Waals surface area contributed by atoms with Gasteiger partial charge < -0.3 is 4.57 Å². The molecular weight excluding hydrogens is 299 g/mol. The quantitative estimate of drug-likeness (QED) is 0.181. The van der Waals surface area contributed by atoms with E-state index in [-0.39, 0.29) is 0 Å². The van der Waals surface area contributed by atoms with Crippen LogP contribution >= 0.6 is 7.14 Å². The van der Waals surface area contributed by atoms with Gasteiger partial charge in [-0.15, -0.1) is 0 Å². The zero-order valence-electron chi connectivity index (χ0n) is 16.6. The minimum atomic E-state index is -1.78. The number of hydrogen-bond acceptors (Lipinski definition) is 1. The van der Waals surface area contributed by atoms with Crippen molar-refractivity contribution in [2.24, 2.45) is 0 Å². The lowest BCUT2D eigenvalue weighted by Crippen LogP contribution is -1.97. The largest absolute Gasteiger partial charge is 0.324 e. The molecule has 0 aromatic rings. The van der Waals surface area contributed by atoms with E-state index in [0.29, 0.717) is 0 Å². The first kappa shape index (κ1) is 23.2. The molecule has 0 aromatic heterocycles. The second-order valence-electron chi connectivity index (χ2n) is 7.42. The van der Waals surface area contributed by atoms with Gasteiger partial charge in [-0.1, -0.05) is 104 Å². The molecule has 0 aromatic carbocycles. The van der Waals surface area contributed by atoms with E-state index in [9.17, 15) is 4.57 Å². The molecule has 0 heterocycles. The second-order valence-corrected chi connectivity index (χ2v) is 11.1. The Hall–Kier alpha value is 0.230. The Labute approximate surface area is 147 Å². The summed E-state index contributed by atoms with van der Waals surface area (Å²) in [6, 6.07) is 0. The normalized spacial score (nSPS) is 14.0. The van der Waals surface area contributed by atoms with E-state index in [1.54, 1.807) is 0 Å². The summed E-state index contributed by atoms with van der Waals surface area (Å²) in [6.07, 6.45) is 23.5. The van der Waals surface area contributed by atoms with Crippen LogP contribution in [0.1, 0.15) is 117 Å². The first-order chi connectivity index (χ1) is 11.2. The standard InChI is InChI=1S/C21H45OP/c1-4-7-8-9-10-11-12-13-14-15-16-17-18-19-21-23(22,6-3)20-5-2/h4-21H2,1-3H3. The van der Waals surface area contributed by atoms with Gasteiger partial charge in [0.1, 0.15) is 0 Å². The SMILES string of the molecule is CCCCCCCCCCCCCCCCP(=O)(CC)CCC. The molecule has 23 heavy (non-hydrogen) atoms.